The highest BCUT2D eigenvalue weighted by Gasteiger charge is 2.23. The average Bonchev–Trinajstić information content (AvgIpc) is 2.51. The number of nitrogens with zero attached hydrogens (tertiary/aromatic N) is 3. The van der Waals surface area contributed by atoms with E-state index in [4.69, 9.17) is 4.98 Å². The Morgan fingerprint density at radius 1 is 1.33 bits per heavy atom. The molecule has 1 aliphatic rings. The van der Waals surface area contributed by atoms with Gasteiger partial charge in [0, 0.05) is 38.2 Å². The fourth-order valence-corrected chi connectivity index (χ4v) is 2.94. The van der Waals surface area contributed by atoms with Gasteiger partial charge in [-0.2, -0.15) is 0 Å². The van der Waals surface area contributed by atoms with Crippen LogP contribution in [0.5, 0.6) is 0 Å². The summed E-state index contributed by atoms with van der Waals surface area (Å²) in [5.74, 6) is 3.28. The molecule has 0 spiro atoms. The maximum atomic E-state index is 9.43. The van der Waals surface area contributed by atoms with E-state index < -0.39 is 0 Å². The molecule has 0 aromatic carbocycles. The van der Waals surface area contributed by atoms with Crippen LogP contribution in [-0.4, -0.2) is 41.3 Å². The van der Waals surface area contributed by atoms with E-state index in [1.165, 1.54) is 0 Å². The van der Waals surface area contributed by atoms with Crippen LogP contribution in [0, 0.1) is 12.8 Å². The van der Waals surface area contributed by atoms with Gasteiger partial charge in [0.25, 0.3) is 0 Å². The normalized spacial score (nSPS) is 18.9. The number of aliphatic hydroxyl groups is 1. The lowest BCUT2D eigenvalue weighted by atomic mass is 9.99. The van der Waals surface area contributed by atoms with Gasteiger partial charge in [-0.25, -0.2) is 9.97 Å². The molecule has 0 bridgehead atoms. The number of nitrogens with one attached hydrogen (secondary N) is 1. The third kappa shape index (κ3) is 3.84. The Kier molecular flexibility index (Phi) is 5.79. The van der Waals surface area contributed by atoms with Crippen LogP contribution >= 0.6 is 0 Å². The van der Waals surface area contributed by atoms with Crippen molar-refractivity contribution in [3.8, 4) is 0 Å². The smallest absolute Gasteiger partial charge is 0.137 e. The van der Waals surface area contributed by atoms with Crippen molar-refractivity contribution in [3.05, 3.63) is 11.4 Å². The van der Waals surface area contributed by atoms with Gasteiger partial charge in [0.1, 0.15) is 17.5 Å². The molecule has 118 valence electrons. The first kappa shape index (κ1) is 16.0. The number of aromatic nitrogens is 2. The van der Waals surface area contributed by atoms with Crippen LogP contribution < -0.4 is 10.2 Å². The number of aryl methyl sites for hydroxylation is 1. The van der Waals surface area contributed by atoms with Crippen molar-refractivity contribution in [1.82, 2.24) is 9.97 Å². The molecule has 5 nitrogen and oxygen atoms in total. The molecule has 1 saturated heterocycles. The minimum absolute atomic E-state index is 0.266. The van der Waals surface area contributed by atoms with Gasteiger partial charge in [0.2, 0.25) is 0 Å². The molecule has 21 heavy (non-hydrogen) atoms. The summed E-state index contributed by atoms with van der Waals surface area (Å²) in [6.45, 7) is 9.37. The largest absolute Gasteiger partial charge is 0.396 e. The molecule has 2 rings (SSSR count). The summed E-state index contributed by atoms with van der Waals surface area (Å²) in [5, 5.41) is 12.8. The Bertz CT molecular complexity index is 464. The number of hydrogen-bond donors (Lipinski definition) is 2. The Labute approximate surface area is 127 Å². The van der Waals surface area contributed by atoms with E-state index in [1.807, 2.05) is 0 Å². The lowest BCUT2D eigenvalue weighted by Gasteiger charge is -2.34. The Hall–Kier alpha value is -1.36. The summed E-state index contributed by atoms with van der Waals surface area (Å²) in [4.78, 5) is 11.8. The summed E-state index contributed by atoms with van der Waals surface area (Å²) in [6, 6.07) is 0. The maximum absolute atomic E-state index is 9.43. The second-order valence-electron chi connectivity index (χ2n) is 5.85. The number of hydrogen-bond acceptors (Lipinski definition) is 5. The first-order valence-corrected chi connectivity index (χ1v) is 8.16. The van der Waals surface area contributed by atoms with E-state index in [0.717, 1.165) is 68.3 Å². The fraction of sp³-hybridized carbons (Fsp3) is 0.750. The SMILES string of the molecule is CCCc1nc(NCC)c(C)c(N2CCCC(CO)C2)n1. The summed E-state index contributed by atoms with van der Waals surface area (Å²) in [5.41, 5.74) is 1.12. The second kappa shape index (κ2) is 7.59. The van der Waals surface area contributed by atoms with Crippen molar-refractivity contribution in [2.75, 3.05) is 36.5 Å². The molecule has 0 amide bonds. The van der Waals surface area contributed by atoms with Crippen LogP contribution in [0.25, 0.3) is 0 Å². The summed E-state index contributed by atoms with van der Waals surface area (Å²) >= 11 is 0. The van der Waals surface area contributed by atoms with Crippen molar-refractivity contribution < 1.29 is 5.11 Å². The number of piperidine rings is 1. The highest BCUT2D eigenvalue weighted by atomic mass is 16.3. The van der Waals surface area contributed by atoms with Crippen molar-refractivity contribution in [3.63, 3.8) is 0 Å². The van der Waals surface area contributed by atoms with Gasteiger partial charge >= 0.3 is 0 Å². The van der Waals surface area contributed by atoms with Gasteiger partial charge in [-0.05, 0) is 39.0 Å². The highest BCUT2D eigenvalue weighted by molar-refractivity contribution is 5.59. The fourth-order valence-electron chi connectivity index (χ4n) is 2.94. The topological polar surface area (TPSA) is 61.3 Å². The quantitative estimate of drug-likeness (QED) is 0.843. The van der Waals surface area contributed by atoms with Crippen LogP contribution in [0.2, 0.25) is 0 Å². The van der Waals surface area contributed by atoms with Crippen LogP contribution in [0.1, 0.15) is 44.5 Å². The Morgan fingerprint density at radius 3 is 2.81 bits per heavy atom. The molecular formula is C16H28N4O. The number of anilines is 2. The molecule has 0 radical (unpaired) electrons. The Morgan fingerprint density at radius 2 is 2.14 bits per heavy atom. The van der Waals surface area contributed by atoms with Gasteiger partial charge in [-0.15, -0.1) is 0 Å². The summed E-state index contributed by atoms with van der Waals surface area (Å²) in [7, 11) is 0. The molecule has 1 aromatic heterocycles. The minimum Gasteiger partial charge on any atom is -0.396 e. The van der Waals surface area contributed by atoms with Gasteiger partial charge in [-0.1, -0.05) is 6.92 Å². The predicted molar refractivity (Wildman–Crippen MR) is 87.0 cm³/mol. The zero-order valence-electron chi connectivity index (χ0n) is 13.5. The van der Waals surface area contributed by atoms with E-state index in [-0.39, 0.29) is 6.61 Å². The molecule has 1 aromatic rings. The lowest BCUT2D eigenvalue weighted by molar-refractivity contribution is 0.208. The van der Waals surface area contributed by atoms with E-state index in [0.29, 0.717) is 5.92 Å². The van der Waals surface area contributed by atoms with Crippen molar-refractivity contribution in [2.24, 2.45) is 5.92 Å². The van der Waals surface area contributed by atoms with Crippen molar-refractivity contribution in [1.29, 1.82) is 0 Å². The van der Waals surface area contributed by atoms with Crippen LogP contribution in [0.4, 0.5) is 11.6 Å². The zero-order valence-corrected chi connectivity index (χ0v) is 13.5. The third-order valence-corrected chi connectivity index (χ3v) is 4.06. The zero-order chi connectivity index (χ0) is 15.2. The van der Waals surface area contributed by atoms with Gasteiger partial charge in [0.05, 0.1) is 0 Å². The molecular weight excluding hydrogens is 264 g/mol. The maximum Gasteiger partial charge on any atom is 0.137 e. The van der Waals surface area contributed by atoms with E-state index in [1.54, 1.807) is 0 Å². The molecule has 0 aliphatic carbocycles. The summed E-state index contributed by atoms with van der Waals surface area (Å²) in [6.07, 6.45) is 4.18. The molecule has 1 atom stereocenters. The third-order valence-electron chi connectivity index (χ3n) is 4.06. The first-order valence-electron chi connectivity index (χ1n) is 8.16. The highest BCUT2D eigenvalue weighted by Crippen LogP contribution is 2.28. The second-order valence-corrected chi connectivity index (χ2v) is 5.85. The molecule has 2 N–H and O–H groups in total. The van der Waals surface area contributed by atoms with Crippen LogP contribution in [-0.2, 0) is 6.42 Å². The Balaban J connectivity index is 2.31. The van der Waals surface area contributed by atoms with E-state index >= 15 is 0 Å². The lowest BCUT2D eigenvalue weighted by Crippen LogP contribution is -2.38. The minimum atomic E-state index is 0.266. The number of rotatable bonds is 6. The van der Waals surface area contributed by atoms with Gasteiger partial charge < -0.3 is 15.3 Å². The van der Waals surface area contributed by atoms with Crippen LogP contribution in [0.15, 0.2) is 0 Å². The van der Waals surface area contributed by atoms with Crippen LogP contribution in [0.3, 0.4) is 0 Å². The first-order chi connectivity index (χ1) is 10.2. The van der Waals surface area contributed by atoms with E-state index in [2.05, 4.69) is 36.0 Å². The standard InChI is InChI=1S/C16H28N4O/c1-4-7-14-18-15(17-5-2)12(3)16(19-14)20-9-6-8-13(10-20)11-21/h13,21H,4-11H2,1-3H3,(H,17,18,19). The number of aliphatic hydroxyl groups excluding tert-OH is 1. The van der Waals surface area contributed by atoms with Gasteiger partial charge in [-0.3, -0.25) is 0 Å². The van der Waals surface area contributed by atoms with Crippen molar-refractivity contribution >= 4 is 11.6 Å². The van der Waals surface area contributed by atoms with Crippen molar-refractivity contribution in [2.45, 2.75) is 46.5 Å². The summed E-state index contributed by atoms with van der Waals surface area (Å²) < 4.78 is 0. The average molecular weight is 292 g/mol. The molecule has 1 aliphatic heterocycles. The van der Waals surface area contributed by atoms with Gasteiger partial charge in [0.15, 0.2) is 0 Å². The molecule has 5 heteroatoms. The molecule has 1 unspecified atom stereocenters. The van der Waals surface area contributed by atoms with E-state index in [9.17, 15) is 5.11 Å². The molecule has 0 saturated carbocycles. The molecule has 2 heterocycles. The molecule has 1 fully saturated rings. The monoisotopic (exact) mass is 292 g/mol. The predicted octanol–water partition coefficient (Wildman–Crippen LogP) is 2.38.